The van der Waals surface area contributed by atoms with E-state index in [1.165, 1.54) is 0 Å². The Bertz CT molecular complexity index is 479. The second kappa shape index (κ2) is 7.24. The van der Waals surface area contributed by atoms with Gasteiger partial charge in [0.25, 0.3) is 0 Å². The van der Waals surface area contributed by atoms with Crippen molar-refractivity contribution in [2.45, 2.75) is 52.0 Å². The van der Waals surface area contributed by atoms with Gasteiger partial charge in [-0.1, -0.05) is 20.8 Å². The van der Waals surface area contributed by atoms with Gasteiger partial charge in [0.2, 0.25) is 5.91 Å². The van der Waals surface area contributed by atoms with E-state index in [0.717, 1.165) is 36.8 Å². The maximum atomic E-state index is 11.2. The normalized spacial score (nSPS) is 18.5. The van der Waals surface area contributed by atoms with Crippen LogP contribution in [0.1, 0.15) is 51.8 Å². The number of carbonyl (C=O) groups excluding carboxylic acids is 1. The molecule has 0 aromatic carbocycles. The molecule has 0 radical (unpaired) electrons. The number of hydrogen-bond acceptors (Lipinski definition) is 5. The SMILES string of the molecule is CCCNc1cc(NC2CCC(=O)NC2)nc(C(C)C)n1. The number of aromatic nitrogens is 2. The van der Waals surface area contributed by atoms with Gasteiger partial charge < -0.3 is 16.0 Å². The number of rotatable bonds is 6. The van der Waals surface area contributed by atoms with E-state index in [1.54, 1.807) is 0 Å². The monoisotopic (exact) mass is 291 g/mol. The summed E-state index contributed by atoms with van der Waals surface area (Å²) >= 11 is 0. The summed E-state index contributed by atoms with van der Waals surface area (Å²) in [5.74, 6) is 2.92. The third-order valence-corrected chi connectivity index (χ3v) is 3.43. The zero-order chi connectivity index (χ0) is 15.2. The molecule has 2 rings (SSSR count). The topological polar surface area (TPSA) is 78.9 Å². The van der Waals surface area contributed by atoms with Crippen molar-refractivity contribution < 1.29 is 4.79 Å². The standard InChI is InChI=1S/C15H25N5O/c1-4-7-16-12-8-13(20-15(19-12)10(2)3)18-11-5-6-14(21)17-9-11/h8,10-11H,4-7,9H2,1-3H3,(H,17,21)(H2,16,18,19,20). The van der Waals surface area contributed by atoms with Gasteiger partial charge in [0.05, 0.1) is 0 Å². The number of nitrogens with one attached hydrogen (secondary N) is 3. The third-order valence-electron chi connectivity index (χ3n) is 3.43. The van der Waals surface area contributed by atoms with Gasteiger partial charge in [0.15, 0.2) is 0 Å². The Kier molecular flexibility index (Phi) is 5.36. The first-order valence-corrected chi connectivity index (χ1v) is 7.74. The largest absolute Gasteiger partial charge is 0.370 e. The average molecular weight is 291 g/mol. The molecule has 1 fully saturated rings. The van der Waals surface area contributed by atoms with Crippen molar-refractivity contribution >= 4 is 17.5 Å². The lowest BCUT2D eigenvalue weighted by Gasteiger charge is -2.24. The van der Waals surface area contributed by atoms with Crippen LogP contribution in [0.15, 0.2) is 6.07 Å². The molecule has 0 saturated carbocycles. The Morgan fingerprint density at radius 1 is 1.38 bits per heavy atom. The number of amides is 1. The van der Waals surface area contributed by atoms with Crippen molar-refractivity contribution in [3.05, 3.63) is 11.9 Å². The van der Waals surface area contributed by atoms with Crippen LogP contribution in [-0.4, -0.2) is 35.0 Å². The van der Waals surface area contributed by atoms with E-state index in [0.29, 0.717) is 13.0 Å². The first kappa shape index (κ1) is 15.5. The van der Waals surface area contributed by atoms with E-state index in [9.17, 15) is 4.79 Å². The molecule has 0 bridgehead atoms. The van der Waals surface area contributed by atoms with Gasteiger partial charge in [0.1, 0.15) is 17.5 Å². The predicted octanol–water partition coefficient (Wildman–Crippen LogP) is 2.11. The second-order valence-electron chi connectivity index (χ2n) is 5.76. The molecular formula is C15H25N5O. The van der Waals surface area contributed by atoms with E-state index in [2.05, 4.69) is 46.7 Å². The lowest BCUT2D eigenvalue weighted by Crippen LogP contribution is -2.42. The molecule has 0 spiro atoms. The second-order valence-corrected chi connectivity index (χ2v) is 5.76. The molecule has 1 saturated heterocycles. The average Bonchev–Trinajstić information content (AvgIpc) is 2.47. The highest BCUT2D eigenvalue weighted by atomic mass is 16.1. The van der Waals surface area contributed by atoms with Gasteiger partial charge in [-0.05, 0) is 12.8 Å². The van der Waals surface area contributed by atoms with E-state index in [1.807, 2.05) is 6.07 Å². The van der Waals surface area contributed by atoms with Crippen LogP contribution in [-0.2, 0) is 4.79 Å². The summed E-state index contributed by atoms with van der Waals surface area (Å²) in [6.07, 6.45) is 2.46. The first-order chi connectivity index (χ1) is 10.1. The highest BCUT2D eigenvalue weighted by molar-refractivity contribution is 5.77. The summed E-state index contributed by atoms with van der Waals surface area (Å²) in [6, 6.07) is 2.18. The van der Waals surface area contributed by atoms with Crippen molar-refractivity contribution in [2.24, 2.45) is 0 Å². The summed E-state index contributed by atoms with van der Waals surface area (Å²) in [7, 11) is 0. The maximum Gasteiger partial charge on any atom is 0.220 e. The number of nitrogens with zero attached hydrogens (tertiary/aromatic N) is 2. The van der Waals surface area contributed by atoms with Gasteiger partial charge in [-0.2, -0.15) is 0 Å². The number of carbonyl (C=O) groups is 1. The molecular weight excluding hydrogens is 266 g/mol. The van der Waals surface area contributed by atoms with Crippen LogP contribution in [0.4, 0.5) is 11.6 Å². The van der Waals surface area contributed by atoms with Crippen molar-refractivity contribution in [2.75, 3.05) is 23.7 Å². The van der Waals surface area contributed by atoms with Crippen LogP contribution < -0.4 is 16.0 Å². The Hall–Kier alpha value is -1.85. The zero-order valence-corrected chi connectivity index (χ0v) is 13.1. The molecule has 1 atom stereocenters. The van der Waals surface area contributed by atoms with Gasteiger partial charge in [0, 0.05) is 37.5 Å². The molecule has 1 aromatic rings. The fraction of sp³-hybridized carbons (Fsp3) is 0.667. The Morgan fingerprint density at radius 3 is 2.76 bits per heavy atom. The quantitative estimate of drug-likeness (QED) is 0.748. The molecule has 2 heterocycles. The Morgan fingerprint density at radius 2 is 2.14 bits per heavy atom. The van der Waals surface area contributed by atoms with Crippen LogP contribution in [0.2, 0.25) is 0 Å². The smallest absolute Gasteiger partial charge is 0.220 e. The minimum absolute atomic E-state index is 0.129. The number of anilines is 2. The van der Waals surface area contributed by atoms with Crippen LogP contribution in [0.5, 0.6) is 0 Å². The summed E-state index contributed by atoms with van der Waals surface area (Å²) in [5, 5.41) is 9.60. The summed E-state index contributed by atoms with van der Waals surface area (Å²) in [6.45, 7) is 7.85. The van der Waals surface area contributed by atoms with Crippen molar-refractivity contribution in [3.63, 3.8) is 0 Å². The lowest BCUT2D eigenvalue weighted by atomic mass is 10.1. The first-order valence-electron chi connectivity index (χ1n) is 7.74. The molecule has 1 aliphatic rings. The van der Waals surface area contributed by atoms with Crippen molar-refractivity contribution in [3.8, 4) is 0 Å². The minimum atomic E-state index is 0.129. The minimum Gasteiger partial charge on any atom is -0.370 e. The Labute approximate surface area is 126 Å². The van der Waals surface area contributed by atoms with Crippen LogP contribution in [0.3, 0.4) is 0 Å². The van der Waals surface area contributed by atoms with Gasteiger partial charge in [-0.15, -0.1) is 0 Å². The van der Waals surface area contributed by atoms with Crippen LogP contribution >= 0.6 is 0 Å². The third kappa shape index (κ3) is 4.58. The van der Waals surface area contributed by atoms with E-state index in [4.69, 9.17) is 0 Å². The maximum absolute atomic E-state index is 11.2. The van der Waals surface area contributed by atoms with E-state index >= 15 is 0 Å². The molecule has 1 aromatic heterocycles. The molecule has 6 nitrogen and oxygen atoms in total. The molecule has 3 N–H and O–H groups in total. The lowest BCUT2D eigenvalue weighted by molar-refractivity contribution is -0.122. The molecule has 0 aliphatic carbocycles. The molecule has 6 heteroatoms. The van der Waals surface area contributed by atoms with Crippen molar-refractivity contribution in [1.29, 1.82) is 0 Å². The highest BCUT2D eigenvalue weighted by Gasteiger charge is 2.18. The summed E-state index contributed by atoms with van der Waals surface area (Å²) in [5.41, 5.74) is 0. The van der Waals surface area contributed by atoms with Gasteiger partial charge in [-0.3, -0.25) is 4.79 Å². The summed E-state index contributed by atoms with van der Waals surface area (Å²) < 4.78 is 0. The fourth-order valence-electron chi connectivity index (χ4n) is 2.21. The molecule has 116 valence electrons. The molecule has 1 amide bonds. The van der Waals surface area contributed by atoms with Crippen molar-refractivity contribution in [1.82, 2.24) is 15.3 Å². The fourth-order valence-corrected chi connectivity index (χ4v) is 2.21. The van der Waals surface area contributed by atoms with Crippen LogP contribution in [0, 0.1) is 0 Å². The Balaban J connectivity index is 2.09. The molecule has 1 unspecified atom stereocenters. The van der Waals surface area contributed by atoms with E-state index in [-0.39, 0.29) is 17.9 Å². The van der Waals surface area contributed by atoms with Gasteiger partial charge in [-0.25, -0.2) is 9.97 Å². The summed E-state index contributed by atoms with van der Waals surface area (Å²) in [4.78, 5) is 20.3. The molecule has 21 heavy (non-hydrogen) atoms. The van der Waals surface area contributed by atoms with E-state index < -0.39 is 0 Å². The van der Waals surface area contributed by atoms with Crippen LogP contribution in [0.25, 0.3) is 0 Å². The number of hydrogen-bond donors (Lipinski definition) is 3. The zero-order valence-electron chi connectivity index (χ0n) is 13.1. The molecule has 1 aliphatic heterocycles. The predicted molar refractivity (Wildman–Crippen MR) is 84.6 cm³/mol. The highest BCUT2D eigenvalue weighted by Crippen LogP contribution is 2.19. The van der Waals surface area contributed by atoms with Gasteiger partial charge >= 0.3 is 0 Å². The number of piperidine rings is 1.